The summed E-state index contributed by atoms with van der Waals surface area (Å²) in [5.74, 6) is 0.181. The summed E-state index contributed by atoms with van der Waals surface area (Å²) in [6, 6.07) is 9.54. The van der Waals surface area contributed by atoms with Crippen LogP contribution in [0.3, 0.4) is 0 Å². The largest absolute Gasteiger partial charge is 0.446 e. The molecule has 1 aromatic carbocycles. The normalized spacial score (nSPS) is 12.1. The van der Waals surface area contributed by atoms with Gasteiger partial charge in [-0.25, -0.2) is 4.98 Å². The maximum atomic E-state index is 11.9. The van der Waals surface area contributed by atoms with Crippen molar-refractivity contribution in [3.8, 4) is 0 Å². The van der Waals surface area contributed by atoms with E-state index in [1.54, 1.807) is 0 Å². The molecular weight excluding hydrogens is 278 g/mol. The number of hydrogen-bond donors (Lipinski definition) is 2. The number of nitrogens with two attached hydrogens (primary N) is 1. The van der Waals surface area contributed by atoms with Gasteiger partial charge in [-0.2, -0.15) is 0 Å². The molecule has 2 aromatic rings. The van der Waals surface area contributed by atoms with Crippen LogP contribution >= 0.6 is 0 Å². The van der Waals surface area contributed by atoms with Crippen molar-refractivity contribution >= 4 is 5.91 Å². The van der Waals surface area contributed by atoms with Gasteiger partial charge in [0.15, 0.2) is 5.69 Å². The monoisotopic (exact) mass is 301 g/mol. The molecule has 22 heavy (non-hydrogen) atoms. The van der Waals surface area contributed by atoms with Crippen molar-refractivity contribution in [3.05, 3.63) is 53.7 Å². The van der Waals surface area contributed by atoms with E-state index in [2.05, 4.69) is 17.2 Å². The summed E-state index contributed by atoms with van der Waals surface area (Å²) in [5, 5.41) is 2.83. The lowest BCUT2D eigenvalue weighted by Crippen LogP contribution is -2.25. The van der Waals surface area contributed by atoms with E-state index >= 15 is 0 Å². The molecule has 1 amide bonds. The van der Waals surface area contributed by atoms with E-state index in [-0.39, 0.29) is 17.6 Å². The number of rotatable bonds is 8. The number of carbonyl (C=O) groups is 1. The smallest absolute Gasteiger partial charge is 0.273 e. The van der Waals surface area contributed by atoms with Crippen LogP contribution in [-0.4, -0.2) is 17.4 Å². The number of hydrogen-bond acceptors (Lipinski definition) is 4. The van der Waals surface area contributed by atoms with Gasteiger partial charge in [0.1, 0.15) is 6.26 Å². The van der Waals surface area contributed by atoms with Crippen LogP contribution < -0.4 is 11.1 Å². The summed E-state index contributed by atoms with van der Waals surface area (Å²) in [5.41, 5.74) is 7.49. The Labute approximate surface area is 130 Å². The van der Waals surface area contributed by atoms with Crippen molar-refractivity contribution in [1.29, 1.82) is 0 Å². The van der Waals surface area contributed by atoms with Gasteiger partial charge in [0.25, 0.3) is 5.91 Å². The van der Waals surface area contributed by atoms with Gasteiger partial charge < -0.3 is 15.5 Å². The van der Waals surface area contributed by atoms with Gasteiger partial charge in [0, 0.05) is 6.54 Å². The SMILES string of the molecule is CCCCCNC(=O)c1coc(C(N)Cc2ccccc2)n1. The highest BCUT2D eigenvalue weighted by Gasteiger charge is 2.17. The lowest BCUT2D eigenvalue weighted by molar-refractivity contribution is 0.0948. The number of aromatic nitrogens is 1. The summed E-state index contributed by atoms with van der Waals surface area (Å²) in [6.45, 7) is 2.78. The zero-order chi connectivity index (χ0) is 15.8. The molecule has 0 bridgehead atoms. The molecule has 0 radical (unpaired) electrons. The zero-order valence-electron chi connectivity index (χ0n) is 12.9. The first-order valence-corrected chi connectivity index (χ1v) is 7.73. The molecule has 0 fully saturated rings. The number of benzene rings is 1. The molecule has 0 aliphatic rings. The Morgan fingerprint density at radius 2 is 2.09 bits per heavy atom. The van der Waals surface area contributed by atoms with Crippen LogP contribution in [0.25, 0.3) is 0 Å². The van der Waals surface area contributed by atoms with Gasteiger partial charge in [0.05, 0.1) is 6.04 Å². The van der Waals surface area contributed by atoms with E-state index in [1.165, 1.54) is 6.26 Å². The maximum absolute atomic E-state index is 11.9. The number of amides is 1. The van der Waals surface area contributed by atoms with Gasteiger partial charge in [-0.3, -0.25) is 4.79 Å². The first kappa shape index (κ1) is 16.2. The summed E-state index contributed by atoms with van der Waals surface area (Å²) < 4.78 is 5.35. The molecule has 2 rings (SSSR count). The summed E-state index contributed by atoms with van der Waals surface area (Å²) >= 11 is 0. The topological polar surface area (TPSA) is 81.2 Å². The van der Waals surface area contributed by atoms with Gasteiger partial charge in [0.2, 0.25) is 5.89 Å². The van der Waals surface area contributed by atoms with E-state index in [0.29, 0.717) is 18.9 Å². The highest BCUT2D eigenvalue weighted by atomic mass is 16.3. The first-order chi connectivity index (χ1) is 10.7. The molecule has 5 nitrogen and oxygen atoms in total. The average Bonchev–Trinajstić information content (AvgIpc) is 3.02. The molecule has 1 unspecified atom stereocenters. The minimum atomic E-state index is -0.357. The molecule has 0 aliphatic heterocycles. The number of nitrogens with one attached hydrogen (secondary N) is 1. The van der Waals surface area contributed by atoms with Crippen LogP contribution in [0.2, 0.25) is 0 Å². The zero-order valence-corrected chi connectivity index (χ0v) is 12.9. The van der Waals surface area contributed by atoms with Crippen molar-refractivity contribution in [2.75, 3.05) is 6.54 Å². The minimum absolute atomic E-state index is 0.210. The Bertz CT molecular complexity index is 581. The van der Waals surface area contributed by atoms with E-state index in [0.717, 1.165) is 24.8 Å². The molecule has 0 saturated carbocycles. The molecule has 3 N–H and O–H groups in total. The summed E-state index contributed by atoms with van der Waals surface area (Å²) in [7, 11) is 0. The predicted molar refractivity (Wildman–Crippen MR) is 85.4 cm³/mol. The fraction of sp³-hybridized carbons (Fsp3) is 0.412. The fourth-order valence-electron chi connectivity index (χ4n) is 2.19. The van der Waals surface area contributed by atoms with Crippen LogP contribution in [0.5, 0.6) is 0 Å². The van der Waals surface area contributed by atoms with E-state index in [9.17, 15) is 4.79 Å². The van der Waals surface area contributed by atoms with Crippen LogP contribution in [-0.2, 0) is 6.42 Å². The Morgan fingerprint density at radius 1 is 1.32 bits per heavy atom. The number of oxazole rings is 1. The molecular formula is C17H23N3O2. The molecule has 5 heteroatoms. The van der Waals surface area contributed by atoms with Crippen LogP contribution in [0.15, 0.2) is 41.0 Å². The van der Waals surface area contributed by atoms with E-state index in [4.69, 9.17) is 10.2 Å². The van der Waals surface area contributed by atoms with Crippen LogP contribution in [0.4, 0.5) is 0 Å². The quantitative estimate of drug-likeness (QED) is 0.735. The van der Waals surface area contributed by atoms with E-state index in [1.807, 2.05) is 30.3 Å². The van der Waals surface area contributed by atoms with Crippen LogP contribution in [0.1, 0.15) is 54.2 Å². The van der Waals surface area contributed by atoms with Crippen molar-refractivity contribution in [1.82, 2.24) is 10.3 Å². The number of nitrogens with zero attached hydrogens (tertiary/aromatic N) is 1. The van der Waals surface area contributed by atoms with Gasteiger partial charge in [-0.1, -0.05) is 50.1 Å². The number of unbranched alkanes of at least 4 members (excludes halogenated alkanes) is 2. The Hall–Kier alpha value is -2.14. The van der Waals surface area contributed by atoms with Gasteiger partial charge >= 0.3 is 0 Å². The van der Waals surface area contributed by atoms with E-state index < -0.39 is 0 Å². The molecule has 0 spiro atoms. The molecule has 0 saturated heterocycles. The lowest BCUT2D eigenvalue weighted by atomic mass is 10.1. The average molecular weight is 301 g/mol. The second-order valence-electron chi connectivity index (χ2n) is 5.33. The third kappa shape index (κ3) is 4.70. The number of carbonyl (C=O) groups excluding carboxylic acids is 1. The maximum Gasteiger partial charge on any atom is 0.273 e. The standard InChI is InChI=1S/C17H23N3O2/c1-2-3-7-10-19-16(21)15-12-22-17(20-15)14(18)11-13-8-5-4-6-9-13/h4-6,8-9,12,14H,2-3,7,10-11,18H2,1H3,(H,19,21). The van der Waals surface area contributed by atoms with Crippen molar-refractivity contribution in [2.45, 2.75) is 38.6 Å². The second kappa shape index (κ2) is 8.34. The molecule has 1 heterocycles. The molecule has 118 valence electrons. The third-order valence-electron chi connectivity index (χ3n) is 3.44. The Morgan fingerprint density at radius 3 is 2.82 bits per heavy atom. The minimum Gasteiger partial charge on any atom is -0.446 e. The van der Waals surface area contributed by atoms with Gasteiger partial charge in [-0.15, -0.1) is 0 Å². The van der Waals surface area contributed by atoms with Gasteiger partial charge in [-0.05, 0) is 18.4 Å². The third-order valence-corrected chi connectivity index (χ3v) is 3.44. The highest BCUT2D eigenvalue weighted by molar-refractivity contribution is 5.91. The Kier molecular flexibility index (Phi) is 6.15. The first-order valence-electron chi connectivity index (χ1n) is 7.73. The second-order valence-corrected chi connectivity index (χ2v) is 5.33. The summed E-state index contributed by atoms with van der Waals surface area (Å²) in [4.78, 5) is 16.1. The lowest BCUT2D eigenvalue weighted by Gasteiger charge is -2.07. The highest BCUT2D eigenvalue weighted by Crippen LogP contribution is 2.15. The molecule has 1 atom stereocenters. The molecule has 1 aromatic heterocycles. The fourth-order valence-corrected chi connectivity index (χ4v) is 2.19. The molecule has 0 aliphatic carbocycles. The predicted octanol–water partition coefficient (Wildman–Crippen LogP) is 2.84. The van der Waals surface area contributed by atoms with Crippen molar-refractivity contribution in [2.24, 2.45) is 5.73 Å². The van der Waals surface area contributed by atoms with Crippen LogP contribution in [0, 0.1) is 0 Å². The Balaban J connectivity index is 1.88. The van der Waals surface area contributed by atoms with Crippen molar-refractivity contribution in [3.63, 3.8) is 0 Å². The van der Waals surface area contributed by atoms with Crippen molar-refractivity contribution < 1.29 is 9.21 Å². The summed E-state index contributed by atoms with van der Waals surface area (Å²) in [6.07, 6.45) is 5.19.